The van der Waals surface area contributed by atoms with E-state index >= 15 is 0 Å². The monoisotopic (exact) mass is 471 g/mol. The van der Waals surface area contributed by atoms with Crippen molar-refractivity contribution in [3.05, 3.63) is 23.8 Å². The average Bonchev–Trinajstić information content (AvgIpc) is 2.72. The summed E-state index contributed by atoms with van der Waals surface area (Å²) in [5, 5.41) is 0. The van der Waals surface area contributed by atoms with Crippen molar-refractivity contribution in [1.82, 2.24) is 0 Å². The number of rotatable bonds is 6. The van der Waals surface area contributed by atoms with Gasteiger partial charge in [0, 0.05) is 18.1 Å². The quantitative estimate of drug-likeness (QED) is 0.428. The van der Waals surface area contributed by atoms with Crippen molar-refractivity contribution in [2.75, 3.05) is 6.61 Å². The molecule has 0 unspecified atom stereocenters. The van der Waals surface area contributed by atoms with Crippen molar-refractivity contribution < 1.29 is 32.3 Å². The number of esters is 1. The van der Waals surface area contributed by atoms with Crippen molar-refractivity contribution in [1.29, 1.82) is 0 Å². The molecule has 0 aromatic heterocycles. The van der Waals surface area contributed by atoms with Gasteiger partial charge in [0.2, 0.25) is 0 Å². The Bertz CT molecular complexity index is 834. The molecule has 178 valence electrons. The zero-order valence-corrected chi connectivity index (χ0v) is 19.8. The van der Waals surface area contributed by atoms with Crippen LogP contribution in [0, 0.1) is 11.8 Å². The Morgan fingerprint density at radius 1 is 1.28 bits per heavy atom. The molecule has 1 fully saturated rings. The van der Waals surface area contributed by atoms with Crippen LogP contribution in [0.1, 0.15) is 65.4 Å². The first kappa shape index (κ1) is 24.8. The summed E-state index contributed by atoms with van der Waals surface area (Å²) in [6, 6.07) is 4.50. The second-order valence-corrected chi connectivity index (χ2v) is 11.1. The van der Waals surface area contributed by atoms with E-state index in [1.54, 1.807) is 13.0 Å². The molecule has 1 aliphatic carbocycles. The molecule has 0 spiro atoms. The first-order chi connectivity index (χ1) is 15.1. The van der Waals surface area contributed by atoms with E-state index in [4.69, 9.17) is 9.47 Å². The van der Waals surface area contributed by atoms with E-state index in [1.807, 2.05) is 20.8 Å². The summed E-state index contributed by atoms with van der Waals surface area (Å²) in [6.45, 7) is 4.77. The van der Waals surface area contributed by atoms with E-state index in [9.17, 15) is 18.1 Å². The van der Waals surface area contributed by atoms with Gasteiger partial charge in [0.1, 0.15) is 39.4 Å². The van der Waals surface area contributed by atoms with Gasteiger partial charge < -0.3 is 18.8 Å². The minimum Gasteiger partial charge on any atom is -0.591 e. The SMILES string of the molecule is CCOC(=O)[C@H]1CC[C@H]([C@H]2C/C(=N\[S@+]([O-])C(C)(C)C)c3ccc(OC(F)F)cc3O2)CC1. The molecule has 1 aromatic rings. The topological polar surface area (TPSA) is 80.2 Å². The smallest absolute Gasteiger partial charge is 0.387 e. The van der Waals surface area contributed by atoms with Crippen LogP contribution >= 0.6 is 0 Å². The number of alkyl halides is 2. The third-order valence-electron chi connectivity index (χ3n) is 5.80. The van der Waals surface area contributed by atoms with Crippen molar-refractivity contribution in [2.45, 2.75) is 77.3 Å². The molecule has 1 saturated carbocycles. The number of nitrogens with zero attached hydrogens (tertiary/aromatic N) is 1. The number of halogens is 2. The third kappa shape index (κ3) is 6.13. The Morgan fingerprint density at radius 2 is 1.97 bits per heavy atom. The molecule has 2 atom stereocenters. The largest absolute Gasteiger partial charge is 0.591 e. The first-order valence-corrected chi connectivity index (χ1v) is 12.1. The van der Waals surface area contributed by atoms with Gasteiger partial charge in [0.25, 0.3) is 0 Å². The number of fused-ring (bicyclic) bond motifs is 1. The Morgan fingerprint density at radius 3 is 2.56 bits per heavy atom. The van der Waals surface area contributed by atoms with E-state index in [0.717, 1.165) is 12.8 Å². The van der Waals surface area contributed by atoms with E-state index in [-0.39, 0.29) is 29.7 Å². The van der Waals surface area contributed by atoms with E-state index in [2.05, 4.69) is 9.13 Å². The number of hydrogen-bond donors (Lipinski definition) is 0. The Hall–Kier alpha value is -1.87. The molecule has 0 bridgehead atoms. The maximum atomic E-state index is 12.7. The van der Waals surface area contributed by atoms with E-state index in [0.29, 0.717) is 42.9 Å². The van der Waals surface area contributed by atoms with E-state index in [1.165, 1.54) is 12.1 Å². The molecule has 1 aromatic carbocycles. The molecule has 0 amide bonds. The van der Waals surface area contributed by atoms with Gasteiger partial charge in [0.15, 0.2) is 0 Å². The summed E-state index contributed by atoms with van der Waals surface area (Å²) in [5.74, 6) is 0.312. The van der Waals surface area contributed by atoms with Gasteiger partial charge in [-0.25, -0.2) is 0 Å². The van der Waals surface area contributed by atoms with Crippen molar-refractivity contribution in [3.8, 4) is 11.5 Å². The fraction of sp³-hybridized carbons (Fsp3) is 0.652. The Balaban J connectivity index is 1.83. The summed E-state index contributed by atoms with van der Waals surface area (Å²) in [4.78, 5) is 12.1. The Labute approximate surface area is 191 Å². The van der Waals surface area contributed by atoms with E-state index < -0.39 is 22.7 Å². The second-order valence-electron chi connectivity index (χ2n) is 9.16. The summed E-state index contributed by atoms with van der Waals surface area (Å²) in [5.41, 5.74) is 1.28. The molecule has 0 N–H and O–H groups in total. The second kappa shape index (κ2) is 10.4. The summed E-state index contributed by atoms with van der Waals surface area (Å²) in [7, 11) is 0. The molecule has 0 saturated heterocycles. The number of carbonyl (C=O) groups excluding carboxylic acids is 1. The van der Waals surface area contributed by atoms with Gasteiger partial charge in [-0.3, -0.25) is 4.79 Å². The molecular formula is C23H31F2NO5S. The van der Waals surface area contributed by atoms with Crippen molar-refractivity contribution in [3.63, 3.8) is 0 Å². The molecule has 0 radical (unpaired) electrons. The highest BCUT2D eigenvalue weighted by atomic mass is 32.2. The molecule has 32 heavy (non-hydrogen) atoms. The van der Waals surface area contributed by atoms with Crippen LogP contribution < -0.4 is 9.47 Å². The van der Waals surface area contributed by atoms with Crippen LogP contribution in [0.2, 0.25) is 0 Å². The highest BCUT2D eigenvalue weighted by Gasteiger charge is 2.38. The maximum absolute atomic E-state index is 12.7. The van der Waals surface area contributed by atoms with Gasteiger partial charge in [-0.05, 0) is 71.4 Å². The number of hydrogen-bond acceptors (Lipinski definition) is 6. The highest BCUT2D eigenvalue weighted by molar-refractivity contribution is 7.91. The number of ether oxygens (including phenoxy) is 3. The van der Waals surface area contributed by atoms with Gasteiger partial charge in [-0.15, -0.1) is 0 Å². The maximum Gasteiger partial charge on any atom is 0.387 e. The molecule has 6 nitrogen and oxygen atoms in total. The fourth-order valence-electron chi connectivity index (χ4n) is 4.09. The molecule has 1 aliphatic heterocycles. The third-order valence-corrected chi connectivity index (χ3v) is 7.23. The molecule has 2 aliphatic rings. The minimum absolute atomic E-state index is 0.00159. The zero-order chi connectivity index (χ0) is 23.5. The predicted molar refractivity (Wildman–Crippen MR) is 119 cm³/mol. The fourth-order valence-corrected chi connectivity index (χ4v) is 4.74. The number of benzene rings is 1. The molecule has 1 heterocycles. The van der Waals surface area contributed by atoms with Crippen molar-refractivity contribution in [2.24, 2.45) is 16.2 Å². The zero-order valence-electron chi connectivity index (χ0n) is 18.9. The van der Waals surface area contributed by atoms with Crippen LogP contribution in [0.5, 0.6) is 11.5 Å². The van der Waals surface area contributed by atoms with Crippen LogP contribution in [0.3, 0.4) is 0 Å². The van der Waals surface area contributed by atoms with Crippen molar-refractivity contribution >= 4 is 23.0 Å². The predicted octanol–water partition coefficient (Wildman–Crippen LogP) is 5.06. The van der Waals surface area contributed by atoms with Gasteiger partial charge in [-0.1, -0.05) is 4.40 Å². The van der Waals surface area contributed by atoms with Crippen LogP contribution in [-0.4, -0.2) is 40.3 Å². The standard InChI is InChI=1S/C23H31F2NO5S/c1-5-29-21(27)15-8-6-14(7-9-15)19-13-18(26-32(28)23(2,3)4)17-11-10-16(30-22(24)25)12-20(17)31-19/h10-12,14-15,19,22H,5-9,13H2,1-4H3/b26-18+/t14-,15-,19-,32-/m1/s1. The first-order valence-electron chi connectivity index (χ1n) is 11.0. The lowest BCUT2D eigenvalue weighted by molar-refractivity contribution is -0.149. The lowest BCUT2D eigenvalue weighted by Gasteiger charge is -2.36. The lowest BCUT2D eigenvalue weighted by atomic mass is 9.77. The molecular weight excluding hydrogens is 440 g/mol. The van der Waals surface area contributed by atoms with Gasteiger partial charge >= 0.3 is 12.6 Å². The summed E-state index contributed by atoms with van der Waals surface area (Å²) in [6.07, 6.45) is 3.22. The number of carbonyl (C=O) groups is 1. The molecule has 9 heteroatoms. The lowest BCUT2D eigenvalue weighted by Crippen LogP contribution is -2.38. The normalized spacial score (nSPS) is 25.8. The average molecular weight is 472 g/mol. The highest BCUT2D eigenvalue weighted by Crippen LogP contribution is 2.40. The van der Waals surface area contributed by atoms with Crippen LogP contribution in [0.4, 0.5) is 8.78 Å². The van der Waals surface area contributed by atoms with Crippen LogP contribution in [0.15, 0.2) is 22.6 Å². The van der Waals surface area contributed by atoms with Crippen LogP contribution in [0.25, 0.3) is 0 Å². The minimum atomic E-state index is -2.94. The molecule has 3 rings (SSSR count). The Kier molecular flexibility index (Phi) is 8.03. The summed E-state index contributed by atoms with van der Waals surface area (Å²) < 4.78 is 58.0. The van der Waals surface area contributed by atoms with Gasteiger partial charge in [0.05, 0.1) is 12.5 Å². The van der Waals surface area contributed by atoms with Gasteiger partial charge in [-0.2, -0.15) is 8.78 Å². The van der Waals surface area contributed by atoms with Crippen LogP contribution in [-0.2, 0) is 20.9 Å². The summed E-state index contributed by atoms with van der Waals surface area (Å²) >= 11 is -1.47.